The molecule has 1 amide bonds. The number of thioether (sulfide) groups is 1. The molecule has 0 aliphatic heterocycles. The van der Waals surface area contributed by atoms with E-state index >= 15 is 0 Å². The molecular formula is C36H37F4N3O4S. The summed E-state index contributed by atoms with van der Waals surface area (Å²) >= 11 is 1.26. The van der Waals surface area contributed by atoms with Crippen molar-refractivity contribution in [3.8, 4) is 11.1 Å². The number of carbonyl (C=O) groups excluding carboxylic acids is 2. The maximum absolute atomic E-state index is 13.7. The first-order valence-corrected chi connectivity index (χ1v) is 16.5. The predicted molar refractivity (Wildman–Crippen MR) is 177 cm³/mol. The number of amides is 1. The Hall–Kier alpha value is -4.29. The van der Waals surface area contributed by atoms with Crippen LogP contribution in [0.2, 0.25) is 0 Å². The molecule has 254 valence electrons. The molecule has 1 heterocycles. The summed E-state index contributed by atoms with van der Waals surface area (Å²) in [5.74, 6) is -0.229. The van der Waals surface area contributed by atoms with Crippen LogP contribution in [0.5, 0.6) is 0 Å². The van der Waals surface area contributed by atoms with Crippen LogP contribution in [-0.2, 0) is 45.8 Å². The van der Waals surface area contributed by atoms with Crippen LogP contribution < -0.4 is 5.56 Å². The number of hydrogen-bond acceptors (Lipinski definition) is 6. The highest BCUT2D eigenvalue weighted by Gasteiger charge is 2.30. The zero-order valence-corrected chi connectivity index (χ0v) is 27.6. The Bertz CT molecular complexity index is 1730. The number of rotatable bonds is 16. The average molecular weight is 684 g/mol. The second-order valence-electron chi connectivity index (χ2n) is 11.3. The summed E-state index contributed by atoms with van der Waals surface area (Å²) in [6.07, 6.45) is -1.09. The molecule has 4 rings (SSSR count). The monoisotopic (exact) mass is 683 g/mol. The molecule has 0 unspecified atom stereocenters. The topological polar surface area (TPSA) is 81.5 Å². The first-order valence-electron chi connectivity index (χ1n) is 15.5. The Balaban J connectivity index is 1.51. The summed E-state index contributed by atoms with van der Waals surface area (Å²) in [6, 6.07) is 18.3. The second kappa shape index (κ2) is 17.2. The molecule has 7 nitrogen and oxygen atoms in total. The Kier molecular flexibility index (Phi) is 13.1. The number of halogens is 4. The van der Waals surface area contributed by atoms with Crippen LogP contribution >= 0.6 is 11.8 Å². The highest BCUT2D eigenvalue weighted by atomic mass is 32.2. The van der Waals surface area contributed by atoms with E-state index < -0.39 is 17.3 Å². The molecule has 3 aromatic carbocycles. The maximum Gasteiger partial charge on any atom is 0.416 e. The molecule has 0 bridgehead atoms. The molecule has 0 aliphatic carbocycles. The van der Waals surface area contributed by atoms with Crippen molar-refractivity contribution in [3.63, 3.8) is 0 Å². The van der Waals surface area contributed by atoms with Gasteiger partial charge in [0.1, 0.15) is 19.0 Å². The van der Waals surface area contributed by atoms with E-state index in [0.29, 0.717) is 54.4 Å². The highest BCUT2D eigenvalue weighted by molar-refractivity contribution is 7.98. The molecule has 0 radical (unpaired) electrons. The first-order chi connectivity index (χ1) is 23.0. The van der Waals surface area contributed by atoms with E-state index in [2.05, 4.69) is 4.98 Å². The van der Waals surface area contributed by atoms with Gasteiger partial charge in [0.15, 0.2) is 10.9 Å². The molecule has 1 aromatic heterocycles. The number of ether oxygens (including phenoxy) is 1. The molecule has 0 saturated carbocycles. The van der Waals surface area contributed by atoms with E-state index in [1.807, 2.05) is 31.2 Å². The number of carbonyl (C=O) groups is 2. The minimum absolute atomic E-state index is 0.000985. The Labute approximate surface area is 281 Å². The van der Waals surface area contributed by atoms with Crippen LogP contribution in [0.1, 0.15) is 48.4 Å². The minimum Gasteiger partial charge on any atom is -0.377 e. The normalized spacial score (nSPS) is 11.5. The van der Waals surface area contributed by atoms with Gasteiger partial charge in [-0.3, -0.25) is 14.4 Å². The van der Waals surface area contributed by atoms with Gasteiger partial charge in [-0.15, -0.1) is 0 Å². The lowest BCUT2D eigenvalue weighted by Gasteiger charge is -2.24. The molecule has 0 atom stereocenters. The number of Topliss-reactive ketones (excluding diaryl/α,β-unsaturated/α-hetero) is 1. The van der Waals surface area contributed by atoms with Gasteiger partial charge in [0, 0.05) is 44.1 Å². The summed E-state index contributed by atoms with van der Waals surface area (Å²) in [5.41, 5.74) is 2.30. The second-order valence-corrected chi connectivity index (χ2v) is 12.3. The van der Waals surface area contributed by atoms with Gasteiger partial charge in [-0.1, -0.05) is 67.2 Å². The van der Waals surface area contributed by atoms with Crippen LogP contribution in [0.3, 0.4) is 0 Å². The molecule has 0 N–H and O–H groups in total. The molecule has 12 heteroatoms. The molecule has 0 saturated heterocycles. The standard InChI is InChI=1S/C36H37F4N3O4S/c1-3-19-42(20-25-7-11-27(12-8-25)28-13-15-30(16-14-28)36(38,39)40)33(45)22-43-21-29(5-4-6-32(44)23-47-2)34(46)41-35(43)48-24-26-9-17-31(37)18-10-26/h7-18,21H,3-6,19-20,22-24H2,1-2H3. The van der Waals surface area contributed by atoms with E-state index in [9.17, 15) is 31.9 Å². The number of methoxy groups -OCH3 is 1. The number of alkyl halides is 3. The van der Waals surface area contributed by atoms with Gasteiger partial charge >= 0.3 is 6.18 Å². The summed E-state index contributed by atoms with van der Waals surface area (Å²) < 4.78 is 58.8. The number of ketones is 1. The van der Waals surface area contributed by atoms with Gasteiger partial charge in [0.2, 0.25) is 5.91 Å². The van der Waals surface area contributed by atoms with E-state index in [4.69, 9.17) is 4.74 Å². The van der Waals surface area contributed by atoms with Crippen LogP contribution in [0.15, 0.2) is 88.9 Å². The van der Waals surface area contributed by atoms with Gasteiger partial charge in [0.05, 0.1) is 5.56 Å². The van der Waals surface area contributed by atoms with Crippen LogP contribution in [-0.4, -0.2) is 46.4 Å². The van der Waals surface area contributed by atoms with Gasteiger partial charge in [-0.05, 0) is 65.8 Å². The number of benzene rings is 3. The molecule has 48 heavy (non-hydrogen) atoms. The van der Waals surface area contributed by atoms with Crippen LogP contribution in [0, 0.1) is 5.82 Å². The third-order valence-corrected chi connectivity index (χ3v) is 8.60. The molecular weight excluding hydrogens is 646 g/mol. The third kappa shape index (κ3) is 10.6. The molecule has 0 spiro atoms. The highest BCUT2D eigenvalue weighted by Crippen LogP contribution is 2.31. The van der Waals surface area contributed by atoms with E-state index in [1.54, 1.807) is 27.8 Å². The van der Waals surface area contributed by atoms with Gasteiger partial charge < -0.3 is 14.2 Å². The molecule has 4 aromatic rings. The minimum atomic E-state index is -4.41. The lowest BCUT2D eigenvalue weighted by molar-refractivity contribution is -0.137. The summed E-state index contributed by atoms with van der Waals surface area (Å²) in [4.78, 5) is 44.6. The third-order valence-electron chi connectivity index (χ3n) is 7.54. The summed E-state index contributed by atoms with van der Waals surface area (Å²) in [7, 11) is 1.44. The van der Waals surface area contributed by atoms with E-state index in [0.717, 1.165) is 28.8 Å². The van der Waals surface area contributed by atoms with Gasteiger partial charge in [0.25, 0.3) is 5.56 Å². The van der Waals surface area contributed by atoms with Gasteiger partial charge in [-0.2, -0.15) is 18.2 Å². The average Bonchev–Trinajstić information content (AvgIpc) is 3.06. The first kappa shape index (κ1) is 36.5. The zero-order chi connectivity index (χ0) is 34.7. The SMILES string of the molecule is CCCN(Cc1ccc(-c2ccc(C(F)(F)F)cc2)cc1)C(=O)Cn1cc(CCCC(=O)COC)c(=O)nc1SCc1ccc(F)cc1. The van der Waals surface area contributed by atoms with Crippen molar-refractivity contribution >= 4 is 23.5 Å². The number of hydrogen-bond donors (Lipinski definition) is 0. The molecule has 0 fully saturated rings. The van der Waals surface area contributed by atoms with Crippen molar-refractivity contribution in [1.82, 2.24) is 14.5 Å². The fourth-order valence-corrected chi connectivity index (χ4v) is 5.96. The fraction of sp³-hybridized carbons (Fsp3) is 0.333. The van der Waals surface area contributed by atoms with Crippen LogP contribution in [0.25, 0.3) is 11.1 Å². The van der Waals surface area contributed by atoms with Crippen molar-refractivity contribution in [2.75, 3.05) is 20.3 Å². The summed E-state index contributed by atoms with van der Waals surface area (Å²) in [5, 5.41) is 0.342. The molecule has 0 aliphatic rings. The van der Waals surface area contributed by atoms with E-state index in [1.165, 1.54) is 43.1 Å². The Morgan fingerprint density at radius 3 is 2.17 bits per heavy atom. The number of aromatic nitrogens is 2. The largest absolute Gasteiger partial charge is 0.416 e. The number of aryl methyl sites for hydroxylation is 1. The lowest BCUT2D eigenvalue weighted by atomic mass is 10.0. The zero-order valence-electron chi connectivity index (χ0n) is 26.8. The van der Waals surface area contributed by atoms with Crippen molar-refractivity contribution in [2.24, 2.45) is 0 Å². The van der Waals surface area contributed by atoms with Crippen molar-refractivity contribution in [3.05, 3.63) is 117 Å². The number of nitrogens with zero attached hydrogens (tertiary/aromatic N) is 3. The lowest BCUT2D eigenvalue weighted by Crippen LogP contribution is -2.35. The van der Waals surface area contributed by atoms with E-state index in [-0.39, 0.29) is 37.1 Å². The summed E-state index contributed by atoms with van der Waals surface area (Å²) in [6.45, 7) is 2.65. The quantitative estimate of drug-likeness (QED) is 0.0699. The van der Waals surface area contributed by atoms with Crippen molar-refractivity contribution < 1.29 is 31.9 Å². The Morgan fingerprint density at radius 1 is 0.938 bits per heavy atom. The maximum atomic E-state index is 13.7. The van der Waals surface area contributed by atoms with Crippen molar-refractivity contribution in [2.45, 2.75) is 62.8 Å². The smallest absolute Gasteiger partial charge is 0.377 e. The van der Waals surface area contributed by atoms with Crippen molar-refractivity contribution in [1.29, 1.82) is 0 Å². The Morgan fingerprint density at radius 2 is 1.56 bits per heavy atom. The predicted octanol–water partition coefficient (Wildman–Crippen LogP) is 7.34. The van der Waals surface area contributed by atoms with Gasteiger partial charge in [-0.25, -0.2) is 4.39 Å². The fourth-order valence-electron chi connectivity index (χ4n) is 5.04. The van der Waals surface area contributed by atoms with Crippen LogP contribution in [0.4, 0.5) is 17.6 Å².